The van der Waals surface area contributed by atoms with E-state index in [9.17, 15) is 4.79 Å². The third kappa shape index (κ3) is 4.78. The summed E-state index contributed by atoms with van der Waals surface area (Å²) in [6, 6.07) is 18.8. The summed E-state index contributed by atoms with van der Waals surface area (Å²) in [4.78, 5) is 17.0. The molecule has 5 nitrogen and oxygen atoms in total. The van der Waals surface area contributed by atoms with Crippen molar-refractivity contribution in [1.82, 2.24) is 4.98 Å². The number of anilines is 1. The molecule has 164 valence electrons. The van der Waals surface area contributed by atoms with Crippen LogP contribution in [0, 0.1) is 6.92 Å². The number of fused-ring (bicyclic) bond motifs is 1. The SMILES string of the molecule is CCC(C)c1ccc2oc(-c3cc(NC(=O)COc4ccccc4C)ccc3Cl)nc2c1. The highest BCUT2D eigenvalue weighted by atomic mass is 35.5. The number of ether oxygens (including phenoxy) is 1. The zero-order valence-electron chi connectivity index (χ0n) is 18.3. The van der Waals surface area contributed by atoms with Crippen molar-refractivity contribution in [2.45, 2.75) is 33.1 Å². The van der Waals surface area contributed by atoms with E-state index in [4.69, 9.17) is 20.8 Å². The van der Waals surface area contributed by atoms with Gasteiger partial charge in [-0.2, -0.15) is 0 Å². The summed E-state index contributed by atoms with van der Waals surface area (Å²) in [6.07, 6.45) is 1.05. The highest BCUT2D eigenvalue weighted by Gasteiger charge is 2.15. The molecule has 0 fully saturated rings. The second-order valence-electron chi connectivity index (χ2n) is 7.85. The molecule has 1 aromatic heterocycles. The van der Waals surface area contributed by atoms with E-state index in [1.807, 2.05) is 37.3 Å². The first-order chi connectivity index (χ1) is 15.4. The molecule has 3 aromatic carbocycles. The number of hydrogen-bond acceptors (Lipinski definition) is 4. The van der Waals surface area contributed by atoms with Gasteiger partial charge in [0, 0.05) is 5.69 Å². The summed E-state index contributed by atoms with van der Waals surface area (Å²) < 4.78 is 11.6. The van der Waals surface area contributed by atoms with E-state index in [1.54, 1.807) is 18.2 Å². The van der Waals surface area contributed by atoms with E-state index >= 15 is 0 Å². The van der Waals surface area contributed by atoms with Crippen molar-refractivity contribution in [1.29, 1.82) is 0 Å². The lowest BCUT2D eigenvalue weighted by molar-refractivity contribution is -0.118. The Morgan fingerprint density at radius 2 is 1.97 bits per heavy atom. The predicted molar refractivity (Wildman–Crippen MR) is 128 cm³/mol. The average Bonchev–Trinajstić information content (AvgIpc) is 3.22. The fourth-order valence-electron chi connectivity index (χ4n) is 3.43. The van der Waals surface area contributed by atoms with Crippen LogP contribution < -0.4 is 10.1 Å². The van der Waals surface area contributed by atoms with Gasteiger partial charge in [-0.15, -0.1) is 0 Å². The standard InChI is InChI=1S/C26H25ClN2O3/c1-4-16(2)18-9-12-24-22(13-18)29-26(32-24)20-14-19(10-11-21(20)27)28-25(30)15-31-23-8-6-5-7-17(23)3/h5-14,16H,4,15H2,1-3H3,(H,28,30). The number of nitrogens with one attached hydrogen (secondary N) is 1. The van der Waals surface area contributed by atoms with E-state index in [1.165, 1.54) is 5.56 Å². The zero-order valence-corrected chi connectivity index (χ0v) is 19.1. The number of halogens is 1. The molecular formula is C26H25ClN2O3. The Kier molecular flexibility index (Phi) is 6.47. The molecule has 0 spiro atoms. The molecule has 4 rings (SSSR count). The molecule has 0 saturated carbocycles. The minimum Gasteiger partial charge on any atom is -0.483 e. The van der Waals surface area contributed by atoms with Crippen LogP contribution in [0.1, 0.15) is 37.3 Å². The minimum atomic E-state index is -0.266. The first kappa shape index (κ1) is 21.9. The predicted octanol–water partition coefficient (Wildman–Crippen LogP) is 6.99. The van der Waals surface area contributed by atoms with Gasteiger partial charge in [-0.1, -0.05) is 49.7 Å². The maximum atomic E-state index is 12.4. The molecule has 0 bridgehead atoms. The van der Waals surface area contributed by atoms with Gasteiger partial charge in [0.1, 0.15) is 11.3 Å². The van der Waals surface area contributed by atoms with Crippen LogP contribution in [0.15, 0.2) is 65.1 Å². The van der Waals surface area contributed by atoms with Crippen molar-refractivity contribution < 1.29 is 13.9 Å². The summed E-state index contributed by atoms with van der Waals surface area (Å²) in [5, 5.41) is 3.34. The summed E-state index contributed by atoms with van der Waals surface area (Å²) in [5.41, 5.74) is 4.89. The number of carbonyl (C=O) groups is 1. The lowest BCUT2D eigenvalue weighted by atomic mass is 9.98. The van der Waals surface area contributed by atoms with Crippen molar-refractivity contribution >= 4 is 34.3 Å². The number of aromatic nitrogens is 1. The van der Waals surface area contributed by atoms with Crippen LogP contribution in [0.25, 0.3) is 22.6 Å². The largest absolute Gasteiger partial charge is 0.483 e. The van der Waals surface area contributed by atoms with Crippen molar-refractivity contribution in [3.8, 4) is 17.2 Å². The normalized spacial score (nSPS) is 12.0. The molecule has 1 heterocycles. The monoisotopic (exact) mass is 448 g/mol. The number of aryl methyl sites for hydroxylation is 1. The van der Waals surface area contributed by atoms with Crippen LogP contribution in [0.5, 0.6) is 5.75 Å². The number of nitrogens with zero attached hydrogens (tertiary/aromatic N) is 1. The lowest BCUT2D eigenvalue weighted by Gasteiger charge is -2.10. The molecule has 4 aromatic rings. The average molecular weight is 449 g/mol. The highest BCUT2D eigenvalue weighted by Crippen LogP contribution is 2.33. The molecule has 6 heteroatoms. The Balaban J connectivity index is 1.52. The van der Waals surface area contributed by atoms with Gasteiger partial charge in [0.2, 0.25) is 5.89 Å². The Bertz CT molecular complexity index is 1270. The summed E-state index contributed by atoms with van der Waals surface area (Å²) >= 11 is 6.42. The van der Waals surface area contributed by atoms with Gasteiger partial charge in [0.25, 0.3) is 5.91 Å². The number of rotatable bonds is 7. The molecule has 0 saturated heterocycles. The van der Waals surface area contributed by atoms with E-state index < -0.39 is 0 Å². The molecule has 1 amide bonds. The maximum absolute atomic E-state index is 12.4. The highest BCUT2D eigenvalue weighted by molar-refractivity contribution is 6.33. The molecular weight excluding hydrogens is 424 g/mol. The molecule has 32 heavy (non-hydrogen) atoms. The van der Waals surface area contributed by atoms with Gasteiger partial charge in [-0.25, -0.2) is 4.98 Å². The fourth-order valence-corrected chi connectivity index (χ4v) is 3.63. The number of carbonyl (C=O) groups excluding carboxylic acids is 1. The Morgan fingerprint density at radius 1 is 1.16 bits per heavy atom. The molecule has 1 N–H and O–H groups in total. The number of hydrogen-bond donors (Lipinski definition) is 1. The summed E-state index contributed by atoms with van der Waals surface area (Å²) in [7, 11) is 0. The van der Waals surface area contributed by atoms with E-state index in [0.29, 0.717) is 39.4 Å². The molecule has 0 radical (unpaired) electrons. The number of para-hydroxylation sites is 1. The van der Waals surface area contributed by atoms with Crippen LogP contribution in [-0.2, 0) is 4.79 Å². The number of benzene rings is 3. The number of amides is 1. The third-order valence-corrected chi connectivity index (χ3v) is 5.86. The first-order valence-electron chi connectivity index (χ1n) is 10.6. The Morgan fingerprint density at radius 3 is 2.75 bits per heavy atom. The molecule has 1 unspecified atom stereocenters. The fraction of sp³-hybridized carbons (Fsp3) is 0.231. The first-order valence-corrected chi connectivity index (χ1v) is 11.0. The minimum absolute atomic E-state index is 0.0932. The Hall–Kier alpha value is -3.31. The van der Waals surface area contributed by atoms with Gasteiger partial charge < -0.3 is 14.5 Å². The van der Waals surface area contributed by atoms with E-state index in [-0.39, 0.29) is 12.5 Å². The quantitative estimate of drug-likeness (QED) is 0.331. The van der Waals surface area contributed by atoms with E-state index in [2.05, 4.69) is 36.3 Å². The topological polar surface area (TPSA) is 64.4 Å². The second kappa shape index (κ2) is 9.45. The van der Waals surface area contributed by atoms with Crippen LogP contribution in [0.2, 0.25) is 5.02 Å². The Labute approximate surface area is 192 Å². The summed E-state index contributed by atoms with van der Waals surface area (Å²) in [6.45, 7) is 6.19. The van der Waals surface area contributed by atoms with Crippen molar-refractivity contribution in [3.63, 3.8) is 0 Å². The van der Waals surface area contributed by atoms with Gasteiger partial charge in [-0.3, -0.25) is 4.79 Å². The van der Waals surface area contributed by atoms with E-state index in [0.717, 1.165) is 17.5 Å². The summed E-state index contributed by atoms with van der Waals surface area (Å²) in [5.74, 6) is 1.28. The van der Waals surface area contributed by atoms with Crippen LogP contribution in [-0.4, -0.2) is 17.5 Å². The lowest BCUT2D eigenvalue weighted by Crippen LogP contribution is -2.20. The number of oxazole rings is 1. The molecule has 0 aliphatic rings. The van der Waals surface area contributed by atoms with Gasteiger partial charge in [0.15, 0.2) is 12.2 Å². The smallest absolute Gasteiger partial charge is 0.262 e. The molecule has 0 aliphatic carbocycles. The van der Waals surface area contributed by atoms with Crippen molar-refractivity contribution in [3.05, 3.63) is 76.8 Å². The van der Waals surface area contributed by atoms with Crippen molar-refractivity contribution in [2.75, 3.05) is 11.9 Å². The zero-order chi connectivity index (χ0) is 22.7. The maximum Gasteiger partial charge on any atom is 0.262 e. The van der Waals surface area contributed by atoms with Gasteiger partial charge >= 0.3 is 0 Å². The van der Waals surface area contributed by atoms with Gasteiger partial charge in [0.05, 0.1) is 10.6 Å². The second-order valence-corrected chi connectivity index (χ2v) is 8.26. The van der Waals surface area contributed by atoms with Crippen LogP contribution in [0.3, 0.4) is 0 Å². The van der Waals surface area contributed by atoms with Crippen LogP contribution >= 0.6 is 11.6 Å². The third-order valence-electron chi connectivity index (χ3n) is 5.53. The van der Waals surface area contributed by atoms with Gasteiger partial charge in [-0.05, 0) is 66.8 Å². The van der Waals surface area contributed by atoms with Crippen molar-refractivity contribution in [2.24, 2.45) is 0 Å². The molecule has 0 aliphatic heterocycles. The molecule has 1 atom stereocenters. The van der Waals surface area contributed by atoms with Crippen LogP contribution in [0.4, 0.5) is 5.69 Å².